The zero-order chi connectivity index (χ0) is 18.6. The van der Waals surface area contributed by atoms with Crippen molar-refractivity contribution in [3.8, 4) is 5.75 Å². The summed E-state index contributed by atoms with van der Waals surface area (Å²) in [6, 6.07) is 26.7. The summed E-state index contributed by atoms with van der Waals surface area (Å²) in [5.41, 5.74) is 1.62. The Balaban J connectivity index is 2.38. The van der Waals surface area contributed by atoms with E-state index in [1.807, 2.05) is 84.9 Å². The van der Waals surface area contributed by atoms with Gasteiger partial charge in [0.05, 0.1) is 12.5 Å². The van der Waals surface area contributed by atoms with Crippen molar-refractivity contribution < 1.29 is 14.6 Å². The minimum Gasteiger partial charge on any atom is -0.497 e. The first-order valence-electron chi connectivity index (χ1n) is 8.29. The van der Waals surface area contributed by atoms with Gasteiger partial charge in [0.2, 0.25) is 0 Å². The number of carboxylic acid groups (broad SMARTS) is 1. The smallest absolute Gasteiger partial charge is 0.332 e. The molecule has 0 aliphatic rings. The number of rotatable bonds is 6. The first kappa shape index (κ1) is 17.5. The van der Waals surface area contributed by atoms with Crippen LogP contribution in [0.25, 0.3) is 0 Å². The summed E-state index contributed by atoms with van der Waals surface area (Å²) >= 11 is 0. The average Bonchev–Trinajstić information content (AvgIpc) is 2.70. The number of hydrogen-bond donors (Lipinski definition) is 1. The third-order valence-corrected chi connectivity index (χ3v) is 4.65. The maximum atomic E-state index is 12.1. The number of ether oxygens (including phenoxy) is 1. The van der Waals surface area contributed by atoms with E-state index in [2.05, 4.69) is 6.58 Å². The number of carboxylic acids is 1. The maximum Gasteiger partial charge on any atom is 0.332 e. The Morgan fingerprint density at radius 3 is 1.62 bits per heavy atom. The van der Waals surface area contributed by atoms with Gasteiger partial charge in [0, 0.05) is 5.57 Å². The van der Waals surface area contributed by atoms with Gasteiger partial charge < -0.3 is 9.84 Å². The van der Waals surface area contributed by atoms with E-state index in [4.69, 9.17) is 4.74 Å². The lowest BCUT2D eigenvalue weighted by Gasteiger charge is -2.36. The van der Waals surface area contributed by atoms with Gasteiger partial charge in [-0.05, 0) is 28.8 Å². The molecule has 0 radical (unpaired) electrons. The number of aliphatic carboxylic acids is 1. The van der Waals surface area contributed by atoms with Gasteiger partial charge in [0.15, 0.2) is 0 Å². The molecular formula is C23H20O3. The summed E-state index contributed by atoms with van der Waals surface area (Å²) in [6.07, 6.45) is 0. The molecule has 3 nitrogen and oxygen atoms in total. The second-order valence-electron chi connectivity index (χ2n) is 5.99. The van der Waals surface area contributed by atoms with Crippen LogP contribution in [0, 0.1) is 0 Å². The molecule has 0 aliphatic carbocycles. The van der Waals surface area contributed by atoms with Gasteiger partial charge in [-0.25, -0.2) is 4.79 Å². The number of hydrogen-bond acceptors (Lipinski definition) is 2. The lowest BCUT2D eigenvalue weighted by Crippen LogP contribution is -2.34. The van der Waals surface area contributed by atoms with Crippen molar-refractivity contribution in [2.24, 2.45) is 0 Å². The second kappa shape index (κ2) is 7.28. The van der Waals surface area contributed by atoms with Crippen LogP contribution in [0.4, 0.5) is 0 Å². The van der Waals surface area contributed by atoms with E-state index in [-0.39, 0.29) is 5.57 Å². The van der Waals surface area contributed by atoms with Crippen molar-refractivity contribution in [2.45, 2.75) is 5.41 Å². The summed E-state index contributed by atoms with van der Waals surface area (Å²) in [4.78, 5) is 12.1. The highest BCUT2D eigenvalue weighted by atomic mass is 16.5. The Morgan fingerprint density at radius 1 is 0.808 bits per heavy atom. The molecule has 0 aromatic heterocycles. The molecule has 3 heteroatoms. The molecule has 26 heavy (non-hydrogen) atoms. The Bertz CT molecular complexity index is 858. The fourth-order valence-corrected chi connectivity index (χ4v) is 3.40. The van der Waals surface area contributed by atoms with Crippen molar-refractivity contribution in [1.29, 1.82) is 0 Å². The van der Waals surface area contributed by atoms with Crippen LogP contribution >= 0.6 is 0 Å². The predicted octanol–water partition coefficient (Wildman–Crippen LogP) is 4.67. The Morgan fingerprint density at radius 2 is 1.23 bits per heavy atom. The number of methoxy groups -OCH3 is 1. The third-order valence-electron chi connectivity index (χ3n) is 4.65. The average molecular weight is 344 g/mol. The van der Waals surface area contributed by atoms with E-state index in [1.54, 1.807) is 7.11 Å². The lowest BCUT2D eigenvalue weighted by molar-refractivity contribution is -0.133. The molecule has 0 spiro atoms. The summed E-state index contributed by atoms with van der Waals surface area (Å²) in [7, 11) is 1.60. The highest BCUT2D eigenvalue weighted by Gasteiger charge is 2.42. The summed E-state index contributed by atoms with van der Waals surface area (Å²) < 4.78 is 5.26. The maximum absolute atomic E-state index is 12.1. The predicted molar refractivity (Wildman–Crippen MR) is 103 cm³/mol. The minimum atomic E-state index is -1.03. The molecule has 0 fully saturated rings. The van der Waals surface area contributed by atoms with Crippen LogP contribution in [0.2, 0.25) is 0 Å². The zero-order valence-electron chi connectivity index (χ0n) is 14.6. The Labute approximate surface area is 153 Å². The Kier molecular flexibility index (Phi) is 4.90. The van der Waals surface area contributed by atoms with Crippen LogP contribution in [0.1, 0.15) is 16.7 Å². The van der Waals surface area contributed by atoms with Gasteiger partial charge in [-0.15, -0.1) is 0 Å². The Hall–Kier alpha value is -3.33. The molecule has 130 valence electrons. The van der Waals surface area contributed by atoms with Crippen LogP contribution in [0.3, 0.4) is 0 Å². The van der Waals surface area contributed by atoms with E-state index in [0.717, 1.165) is 16.7 Å². The molecule has 3 aromatic rings. The minimum absolute atomic E-state index is 0.0973. The SMILES string of the molecule is C=C(C(=O)O)C(c1ccccc1)(c1ccccc1)c1ccc(OC)cc1. The second-order valence-corrected chi connectivity index (χ2v) is 5.99. The first-order chi connectivity index (χ1) is 12.6. The van der Waals surface area contributed by atoms with Crippen molar-refractivity contribution in [2.75, 3.05) is 7.11 Å². The fourth-order valence-electron chi connectivity index (χ4n) is 3.40. The first-order valence-corrected chi connectivity index (χ1v) is 8.29. The van der Waals surface area contributed by atoms with E-state index >= 15 is 0 Å². The monoisotopic (exact) mass is 344 g/mol. The molecule has 3 aromatic carbocycles. The van der Waals surface area contributed by atoms with Crippen molar-refractivity contribution in [1.82, 2.24) is 0 Å². The van der Waals surface area contributed by atoms with E-state index < -0.39 is 11.4 Å². The summed E-state index contributed by atoms with van der Waals surface area (Å²) in [6.45, 7) is 3.97. The normalized spacial score (nSPS) is 11.0. The third kappa shape index (κ3) is 2.88. The molecule has 0 amide bonds. The van der Waals surface area contributed by atoms with Gasteiger partial charge in [0.25, 0.3) is 0 Å². The van der Waals surface area contributed by atoms with Gasteiger partial charge in [-0.1, -0.05) is 79.4 Å². The van der Waals surface area contributed by atoms with Crippen LogP contribution in [-0.4, -0.2) is 18.2 Å². The van der Waals surface area contributed by atoms with Gasteiger partial charge in [-0.2, -0.15) is 0 Å². The van der Waals surface area contributed by atoms with Gasteiger partial charge in [-0.3, -0.25) is 0 Å². The van der Waals surface area contributed by atoms with Gasteiger partial charge >= 0.3 is 5.97 Å². The standard InChI is InChI=1S/C23H20O3/c1-17(22(24)25)23(18-9-5-3-6-10-18,19-11-7-4-8-12-19)20-13-15-21(26-2)16-14-20/h3-16H,1H2,2H3,(H,24,25). The fraction of sp³-hybridized carbons (Fsp3) is 0.0870. The van der Waals surface area contributed by atoms with Crippen LogP contribution in [0.15, 0.2) is 97.1 Å². The van der Waals surface area contributed by atoms with Gasteiger partial charge in [0.1, 0.15) is 5.75 Å². The molecule has 0 atom stereocenters. The van der Waals surface area contributed by atoms with Crippen molar-refractivity contribution >= 4 is 5.97 Å². The molecule has 3 rings (SSSR count). The number of carbonyl (C=O) groups is 1. The van der Waals surface area contributed by atoms with Crippen molar-refractivity contribution in [3.05, 3.63) is 114 Å². The molecule has 0 bridgehead atoms. The lowest BCUT2D eigenvalue weighted by atomic mass is 9.65. The molecule has 0 unspecified atom stereocenters. The molecule has 0 heterocycles. The molecule has 0 aliphatic heterocycles. The largest absolute Gasteiger partial charge is 0.497 e. The topological polar surface area (TPSA) is 46.5 Å². The van der Waals surface area contributed by atoms with Crippen molar-refractivity contribution in [3.63, 3.8) is 0 Å². The van der Waals surface area contributed by atoms with Crippen LogP contribution < -0.4 is 4.74 Å². The summed E-state index contributed by atoms with van der Waals surface area (Å²) in [5.74, 6) is -0.321. The zero-order valence-corrected chi connectivity index (χ0v) is 14.6. The van der Waals surface area contributed by atoms with Crippen LogP contribution in [-0.2, 0) is 10.2 Å². The highest BCUT2D eigenvalue weighted by Crippen LogP contribution is 2.45. The highest BCUT2D eigenvalue weighted by molar-refractivity contribution is 5.92. The van der Waals surface area contributed by atoms with E-state index in [1.165, 1.54) is 0 Å². The molecular weight excluding hydrogens is 324 g/mol. The molecule has 1 N–H and O–H groups in total. The van der Waals surface area contributed by atoms with E-state index in [9.17, 15) is 9.90 Å². The number of benzene rings is 3. The molecule has 0 saturated heterocycles. The van der Waals surface area contributed by atoms with Crippen LogP contribution in [0.5, 0.6) is 5.75 Å². The molecule has 0 saturated carbocycles. The quantitative estimate of drug-likeness (QED) is 0.522. The summed E-state index contributed by atoms with van der Waals surface area (Å²) in [5, 5.41) is 9.88. The van der Waals surface area contributed by atoms with E-state index in [0.29, 0.717) is 5.75 Å².